The number of para-hydroxylation sites is 1. The molecule has 0 spiro atoms. The number of H-pyrrole nitrogens is 1. The zero-order chi connectivity index (χ0) is 18.9. The number of sulfonamides is 1. The van der Waals surface area contributed by atoms with Crippen molar-refractivity contribution in [2.45, 2.75) is 32.1 Å². The highest BCUT2D eigenvalue weighted by Gasteiger charge is 2.22. The minimum absolute atomic E-state index is 0.341. The first-order chi connectivity index (χ1) is 12.3. The fourth-order valence-electron chi connectivity index (χ4n) is 3.38. The second-order valence-electron chi connectivity index (χ2n) is 6.48. The zero-order valence-electron chi connectivity index (χ0n) is 15.5. The fraction of sp³-hybridized carbons (Fsp3) is 0.300. The molecule has 2 aromatic carbocycles. The van der Waals surface area contributed by atoms with E-state index >= 15 is 0 Å². The van der Waals surface area contributed by atoms with Gasteiger partial charge in [0.05, 0.1) is 12.0 Å². The van der Waals surface area contributed by atoms with Crippen LogP contribution in [0.4, 0.5) is 0 Å². The van der Waals surface area contributed by atoms with E-state index in [1.807, 2.05) is 44.3 Å². The maximum atomic E-state index is 12.9. The zero-order valence-corrected chi connectivity index (χ0v) is 16.3. The van der Waals surface area contributed by atoms with Gasteiger partial charge in [-0.3, -0.25) is 0 Å². The van der Waals surface area contributed by atoms with Crippen LogP contribution in [0.1, 0.15) is 22.3 Å². The number of methoxy groups -OCH3 is 1. The predicted octanol–water partition coefficient (Wildman–Crippen LogP) is 3.62. The third-order valence-corrected chi connectivity index (χ3v) is 6.58. The Labute approximate surface area is 154 Å². The summed E-state index contributed by atoms with van der Waals surface area (Å²) in [6.45, 7) is 5.83. The summed E-state index contributed by atoms with van der Waals surface area (Å²) in [5, 5.41) is 1.12. The lowest BCUT2D eigenvalue weighted by Crippen LogP contribution is -2.27. The van der Waals surface area contributed by atoms with Crippen LogP contribution in [0, 0.1) is 20.8 Å². The molecule has 0 bridgehead atoms. The van der Waals surface area contributed by atoms with Gasteiger partial charge in [-0.05, 0) is 61.6 Å². The molecule has 6 heteroatoms. The second kappa shape index (κ2) is 7.13. The molecule has 5 nitrogen and oxygen atoms in total. The van der Waals surface area contributed by atoms with Crippen LogP contribution in [0.25, 0.3) is 10.9 Å². The van der Waals surface area contributed by atoms with Crippen LogP contribution < -0.4 is 9.46 Å². The van der Waals surface area contributed by atoms with Gasteiger partial charge >= 0.3 is 0 Å². The highest BCUT2D eigenvalue weighted by atomic mass is 32.2. The van der Waals surface area contributed by atoms with E-state index in [1.165, 1.54) is 0 Å². The van der Waals surface area contributed by atoms with E-state index in [2.05, 4.69) is 9.71 Å². The molecule has 0 amide bonds. The molecule has 26 heavy (non-hydrogen) atoms. The number of benzene rings is 2. The van der Waals surface area contributed by atoms with Crippen molar-refractivity contribution in [2.24, 2.45) is 0 Å². The third kappa shape index (κ3) is 3.34. The van der Waals surface area contributed by atoms with Gasteiger partial charge in [0.25, 0.3) is 0 Å². The van der Waals surface area contributed by atoms with Gasteiger partial charge in [0, 0.05) is 23.6 Å². The first-order valence-electron chi connectivity index (χ1n) is 8.54. The molecule has 0 saturated carbocycles. The van der Waals surface area contributed by atoms with Gasteiger partial charge in [0.2, 0.25) is 10.0 Å². The van der Waals surface area contributed by atoms with E-state index in [0.29, 0.717) is 29.2 Å². The number of rotatable bonds is 6. The molecule has 0 saturated heterocycles. The monoisotopic (exact) mass is 372 g/mol. The van der Waals surface area contributed by atoms with E-state index in [0.717, 1.165) is 27.6 Å². The van der Waals surface area contributed by atoms with E-state index < -0.39 is 10.0 Å². The fourth-order valence-corrected chi connectivity index (χ4v) is 4.93. The molecule has 3 aromatic rings. The Balaban J connectivity index is 1.81. The summed E-state index contributed by atoms with van der Waals surface area (Å²) in [6.07, 6.45) is 2.56. The van der Waals surface area contributed by atoms with Crippen LogP contribution in [-0.4, -0.2) is 27.1 Å². The van der Waals surface area contributed by atoms with Gasteiger partial charge in [-0.2, -0.15) is 0 Å². The van der Waals surface area contributed by atoms with Gasteiger partial charge in [0.15, 0.2) is 0 Å². The van der Waals surface area contributed by atoms with Crippen molar-refractivity contribution in [1.82, 2.24) is 9.71 Å². The number of nitrogens with one attached hydrogen (secondary N) is 2. The van der Waals surface area contributed by atoms with Crippen molar-refractivity contribution in [1.29, 1.82) is 0 Å². The van der Waals surface area contributed by atoms with E-state index in [-0.39, 0.29) is 0 Å². The second-order valence-corrected chi connectivity index (χ2v) is 8.19. The van der Waals surface area contributed by atoms with Crippen molar-refractivity contribution in [3.63, 3.8) is 0 Å². The summed E-state index contributed by atoms with van der Waals surface area (Å²) >= 11 is 0. The first-order valence-corrected chi connectivity index (χ1v) is 10.0. The molecule has 0 aliphatic rings. The maximum Gasteiger partial charge on any atom is 0.241 e. The average Bonchev–Trinajstić information content (AvgIpc) is 3.01. The molecule has 3 rings (SSSR count). The molecule has 1 aromatic heterocycles. The Morgan fingerprint density at radius 3 is 2.58 bits per heavy atom. The average molecular weight is 372 g/mol. The first kappa shape index (κ1) is 18.5. The smallest absolute Gasteiger partial charge is 0.241 e. The third-order valence-electron chi connectivity index (χ3n) is 4.83. The number of fused-ring (bicyclic) bond motifs is 1. The molecule has 138 valence electrons. The van der Waals surface area contributed by atoms with E-state index in [1.54, 1.807) is 20.1 Å². The largest absolute Gasteiger partial charge is 0.496 e. The van der Waals surface area contributed by atoms with Gasteiger partial charge in [-0.25, -0.2) is 13.1 Å². The van der Waals surface area contributed by atoms with Crippen LogP contribution in [0.15, 0.2) is 41.4 Å². The number of aromatic nitrogens is 1. The van der Waals surface area contributed by atoms with Crippen molar-refractivity contribution in [2.75, 3.05) is 13.7 Å². The Morgan fingerprint density at radius 1 is 1.12 bits per heavy atom. The lowest BCUT2D eigenvalue weighted by molar-refractivity contribution is 0.410. The molecule has 0 unspecified atom stereocenters. The lowest BCUT2D eigenvalue weighted by atomic mass is 10.1. The summed E-state index contributed by atoms with van der Waals surface area (Å²) in [5.74, 6) is 0.706. The summed E-state index contributed by atoms with van der Waals surface area (Å²) in [7, 11) is -2.00. The Morgan fingerprint density at radius 2 is 1.85 bits per heavy atom. The standard InChI is InChI=1S/C20H24N2O3S/c1-13-11-19(25-4)14(2)15(3)20(13)26(23,24)22-10-9-16-12-21-18-8-6-5-7-17(16)18/h5-8,11-12,21-22H,9-10H2,1-4H3. The van der Waals surface area contributed by atoms with Crippen LogP contribution >= 0.6 is 0 Å². The number of hydrogen-bond donors (Lipinski definition) is 2. The molecule has 0 atom stereocenters. The van der Waals surface area contributed by atoms with Crippen LogP contribution in [0.2, 0.25) is 0 Å². The van der Waals surface area contributed by atoms with Crippen LogP contribution in [-0.2, 0) is 16.4 Å². The number of aryl methyl sites for hydroxylation is 1. The Hall–Kier alpha value is -2.31. The van der Waals surface area contributed by atoms with Gasteiger partial charge < -0.3 is 9.72 Å². The molecule has 2 N–H and O–H groups in total. The van der Waals surface area contributed by atoms with Crippen molar-refractivity contribution < 1.29 is 13.2 Å². The SMILES string of the molecule is COc1cc(C)c(S(=O)(=O)NCCc2c[nH]c3ccccc23)c(C)c1C. The highest BCUT2D eigenvalue weighted by Crippen LogP contribution is 2.30. The number of aromatic amines is 1. The molecule has 1 heterocycles. The summed E-state index contributed by atoms with van der Waals surface area (Å²) in [6, 6.07) is 9.78. The maximum absolute atomic E-state index is 12.9. The Kier molecular flexibility index (Phi) is 5.07. The van der Waals surface area contributed by atoms with Crippen LogP contribution in [0.5, 0.6) is 5.75 Å². The van der Waals surface area contributed by atoms with Gasteiger partial charge in [-0.1, -0.05) is 18.2 Å². The summed E-state index contributed by atoms with van der Waals surface area (Å²) in [5.41, 5.74) is 4.41. The molecular weight excluding hydrogens is 348 g/mol. The molecule has 0 fully saturated rings. The number of hydrogen-bond acceptors (Lipinski definition) is 3. The number of ether oxygens (including phenoxy) is 1. The van der Waals surface area contributed by atoms with Gasteiger partial charge in [-0.15, -0.1) is 0 Å². The van der Waals surface area contributed by atoms with Crippen molar-refractivity contribution in [3.8, 4) is 5.75 Å². The quantitative estimate of drug-likeness (QED) is 0.694. The molecule has 0 aliphatic carbocycles. The molecule has 0 radical (unpaired) electrons. The predicted molar refractivity (Wildman–Crippen MR) is 104 cm³/mol. The Bertz CT molecular complexity index is 1050. The normalized spacial score (nSPS) is 11.8. The van der Waals surface area contributed by atoms with Crippen molar-refractivity contribution in [3.05, 3.63) is 58.8 Å². The van der Waals surface area contributed by atoms with Crippen LogP contribution in [0.3, 0.4) is 0 Å². The topological polar surface area (TPSA) is 71.2 Å². The van der Waals surface area contributed by atoms with Crippen molar-refractivity contribution >= 4 is 20.9 Å². The molecular formula is C20H24N2O3S. The highest BCUT2D eigenvalue weighted by molar-refractivity contribution is 7.89. The lowest BCUT2D eigenvalue weighted by Gasteiger charge is -2.16. The minimum Gasteiger partial charge on any atom is -0.496 e. The van der Waals surface area contributed by atoms with Gasteiger partial charge in [0.1, 0.15) is 5.75 Å². The minimum atomic E-state index is -3.59. The molecule has 0 aliphatic heterocycles. The summed E-state index contributed by atoms with van der Waals surface area (Å²) < 4.78 is 33.8. The van der Waals surface area contributed by atoms with E-state index in [9.17, 15) is 8.42 Å². The summed E-state index contributed by atoms with van der Waals surface area (Å²) in [4.78, 5) is 3.56. The van der Waals surface area contributed by atoms with E-state index in [4.69, 9.17) is 4.74 Å².